The van der Waals surface area contributed by atoms with Crippen molar-refractivity contribution in [2.75, 3.05) is 13.1 Å². The largest absolute Gasteiger partial charge is 0.421 e. The fourth-order valence-corrected chi connectivity index (χ4v) is 1.54. The van der Waals surface area contributed by atoms with Gasteiger partial charge >= 0.3 is 0 Å². The monoisotopic (exact) mass is 250 g/mol. The number of nitrogens with zero attached hydrogens (tertiary/aromatic N) is 3. The lowest BCUT2D eigenvalue weighted by Gasteiger charge is -1.97. The van der Waals surface area contributed by atoms with Crippen molar-refractivity contribution < 1.29 is 8.81 Å². The van der Waals surface area contributed by atoms with Crippen LogP contribution in [0, 0.1) is 5.82 Å². The zero-order valence-electron chi connectivity index (χ0n) is 10.2. The van der Waals surface area contributed by atoms with E-state index in [1.807, 2.05) is 0 Å². The molecule has 0 aliphatic heterocycles. The summed E-state index contributed by atoms with van der Waals surface area (Å²) in [7, 11) is 0. The van der Waals surface area contributed by atoms with E-state index in [1.54, 1.807) is 0 Å². The highest BCUT2D eigenvalue weighted by Gasteiger charge is 2.09. The third kappa shape index (κ3) is 3.33. The maximum absolute atomic E-state index is 13.0. The molecule has 0 unspecified atom stereocenters. The van der Waals surface area contributed by atoms with Crippen LogP contribution in [0.3, 0.4) is 0 Å². The Balaban J connectivity index is 1.97. The average molecular weight is 250 g/mol. The predicted molar refractivity (Wildman–Crippen MR) is 64.4 cm³/mol. The Kier molecular flexibility index (Phi) is 4.35. The van der Waals surface area contributed by atoms with Gasteiger partial charge in [-0.2, -0.15) is 0 Å². The van der Waals surface area contributed by atoms with Crippen LogP contribution in [0.4, 0.5) is 4.39 Å². The minimum Gasteiger partial charge on any atom is -0.421 e. The number of aromatic nitrogens is 3. The molecule has 0 aliphatic carbocycles. The summed E-state index contributed by atoms with van der Waals surface area (Å²) in [6.45, 7) is 3.92. The normalized spacial score (nSPS) is 10.8. The molecule has 6 heteroatoms. The summed E-state index contributed by atoms with van der Waals surface area (Å²) in [5, 5.41) is 11.0. The standard InChI is InChI=1S/C12H15FN4O/c1-2-14-5-3-4-11-16-17-12(18-11)9-6-10(13)8-15-7-9/h6-8,14H,2-5H2,1H3. The molecule has 0 aliphatic rings. The first-order valence-corrected chi connectivity index (χ1v) is 5.93. The molecule has 0 saturated heterocycles. The van der Waals surface area contributed by atoms with Gasteiger partial charge in [0.1, 0.15) is 5.82 Å². The van der Waals surface area contributed by atoms with Crippen LogP contribution in [-0.4, -0.2) is 28.3 Å². The SMILES string of the molecule is CCNCCCc1nnc(-c2cncc(F)c2)o1. The highest BCUT2D eigenvalue weighted by molar-refractivity contribution is 5.50. The summed E-state index contributed by atoms with van der Waals surface area (Å²) in [5.41, 5.74) is 0.500. The molecular formula is C12H15FN4O. The number of rotatable bonds is 6. The highest BCUT2D eigenvalue weighted by Crippen LogP contribution is 2.17. The molecule has 1 N–H and O–H groups in total. The van der Waals surface area contributed by atoms with Crippen LogP contribution in [-0.2, 0) is 6.42 Å². The van der Waals surface area contributed by atoms with Crippen LogP contribution < -0.4 is 5.32 Å². The van der Waals surface area contributed by atoms with Crippen molar-refractivity contribution in [1.29, 1.82) is 0 Å². The first-order valence-electron chi connectivity index (χ1n) is 5.93. The molecule has 0 bridgehead atoms. The molecule has 5 nitrogen and oxygen atoms in total. The van der Waals surface area contributed by atoms with Gasteiger partial charge in [-0.25, -0.2) is 4.39 Å². The average Bonchev–Trinajstić information content (AvgIpc) is 2.83. The lowest BCUT2D eigenvalue weighted by molar-refractivity contribution is 0.492. The van der Waals surface area contributed by atoms with Crippen LogP contribution >= 0.6 is 0 Å². The second-order valence-electron chi connectivity index (χ2n) is 3.85. The van der Waals surface area contributed by atoms with Crippen molar-refractivity contribution in [2.45, 2.75) is 19.8 Å². The Morgan fingerprint density at radius 1 is 1.33 bits per heavy atom. The summed E-state index contributed by atoms with van der Waals surface area (Å²) < 4.78 is 18.4. The van der Waals surface area contributed by atoms with Gasteiger partial charge in [0.05, 0.1) is 11.8 Å². The van der Waals surface area contributed by atoms with Gasteiger partial charge < -0.3 is 9.73 Å². The molecule has 0 radical (unpaired) electrons. The van der Waals surface area contributed by atoms with E-state index < -0.39 is 5.82 Å². The topological polar surface area (TPSA) is 63.8 Å². The number of halogens is 1. The molecule has 18 heavy (non-hydrogen) atoms. The molecule has 0 aromatic carbocycles. The van der Waals surface area contributed by atoms with E-state index in [4.69, 9.17) is 4.42 Å². The van der Waals surface area contributed by atoms with Crippen molar-refractivity contribution in [3.05, 3.63) is 30.2 Å². The number of hydrogen-bond donors (Lipinski definition) is 1. The van der Waals surface area contributed by atoms with Gasteiger partial charge in [0.2, 0.25) is 11.8 Å². The van der Waals surface area contributed by atoms with Crippen LogP contribution in [0.2, 0.25) is 0 Å². The van der Waals surface area contributed by atoms with Crippen LogP contribution in [0.25, 0.3) is 11.5 Å². The Morgan fingerprint density at radius 3 is 3.00 bits per heavy atom. The van der Waals surface area contributed by atoms with E-state index in [9.17, 15) is 4.39 Å². The summed E-state index contributed by atoms with van der Waals surface area (Å²) >= 11 is 0. The summed E-state index contributed by atoms with van der Waals surface area (Å²) in [4.78, 5) is 3.74. The maximum Gasteiger partial charge on any atom is 0.249 e. The number of hydrogen-bond acceptors (Lipinski definition) is 5. The predicted octanol–water partition coefficient (Wildman–Crippen LogP) is 1.81. The summed E-state index contributed by atoms with van der Waals surface area (Å²) in [5.74, 6) is 0.451. The molecule has 2 aromatic rings. The third-order valence-corrected chi connectivity index (χ3v) is 2.41. The molecule has 0 fully saturated rings. The Labute approximate surface area is 104 Å². The zero-order chi connectivity index (χ0) is 12.8. The van der Waals surface area contributed by atoms with Crippen LogP contribution in [0.15, 0.2) is 22.9 Å². The van der Waals surface area contributed by atoms with Crippen molar-refractivity contribution in [1.82, 2.24) is 20.5 Å². The molecule has 2 aromatic heterocycles. The number of nitrogens with one attached hydrogen (secondary N) is 1. The van der Waals surface area contributed by atoms with E-state index >= 15 is 0 Å². The molecule has 0 spiro atoms. The minimum atomic E-state index is -0.417. The number of aryl methyl sites for hydroxylation is 1. The first-order chi connectivity index (χ1) is 8.79. The van der Waals surface area contributed by atoms with Gasteiger partial charge in [0.25, 0.3) is 0 Å². The molecule has 0 amide bonds. The van der Waals surface area contributed by atoms with E-state index in [-0.39, 0.29) is 0 Å². The second-order valence-corrected chi connectivity index (χ2v) is 3.85. The van der Waals surface area contributed by atoms with Gasteiger partial charge in [0, 0.05) is 12.6 Å². The van der Waals surface area contributed by atoms with Crippen molar-refractivity contribution in [3.8, 4) is 11.5 Å². The van der Waals surface area contributed by atoms with E-state index in [1.165, 1.54) is 12.3 Å². The molecule has 0 atom stereocenters. The third-order valence-electron chi connectivity index (χ3n) is 2.41. The Morgan fingerprint density at radius 2 is 2.22 bits per heavy atom. The minimum absolute atomic E-state index is 0.306. The molecule has 2 heterocycles. The van der Waals surface area contributed by atoms with Gasteiger partial charge in [0.15, 0.2) is 0 Å². The zero-order valence-corrected chi connectivity index (χ0v) is 10.2. The van der Waals surface area contributed by atoms with Crippen molar-refractivity contribution in [3.63, 3.8) is 0 Å². The van der Waals surface area contributed by atoms with Gasteiger partial charge in [-0.05, 0) is 25.6 Å². The maximum atomic E-state index is 13.0. The highest BCUT2D eigenvalue weighted by atomic mass is 19.1. The second kappa shape index (κ2) is 6.20. The van der Waals surface area contributed by atoms with Gasteiger partial charge in [-0.1, -0.05) is 6.92 Å². The molecule has 2 rings (SSSR count). The van der Waals surface area contributed by atoms with Crippen LogP contribution in [0.1, 0.15) is 19.2 Å². The lowest BCUT2D eigenvalue weighted by atomic mass is 10.3. The molecular weight excluding hydrogens is 235 g/mol. The fraction of sp³-hybridized carbons (Fsp3) is 0.417. The molecule has 96 valence electrons. The number of pyridine rings is 1. The van der Waals surface area contributed by atoms with Crippen molar-refractivity contribution >= 4 is 0 Å². The van der Waals surface area contributed by atoms with E-state index in [0.717, 1.165) is 25.7 Å². The quantitative estimate of drug-likeness (QED) is 0.792. The van der Waals surface area contributed by atoms with Crippen molar-refractivity contribution in [2.24, 2.45) is 0 Å². The van der Waals surface area contributed by atoms with Gasteiger partial charge in [-0.3, -0.25) is 4.98 Å². The Hall–Kier alpha value is -1.82. The van der Waals surface area contributed by atoms with E-state index in [2.05, 4.69) is 27.4 Å². The smallest absolute Gasteiger partial charge is 0.249 e. The van der Waals surface area contributed by atoms with Crippen LogP contribution in [0.5, 0.6) is 0 Å². The fourth-order valence-electron chi connectivity index (χ4n) is 1.54. The summed E-state index contributed by atoms with van der Waals surface area (Å²) in [6, 6.07) is 1.32. The van der Waals surface area contributed by atoms with Gasteiger partial charge in [-0.15, -0.1) is 10.2 Å². The lowest BCUT2D eigenvalue weighted by Crippen LogP contribution is -2.14. The summed E-state index contributed by atoms with van der Waals surface area (Å²) in [6.07, 6.45) is 4.27. The Bertz CT molecular complexity index is 500. The first kappa shape index (κ1) is 12.6. The molecule has 0 saturated carbocycles. The van der Waals surface area contributed by atoms with E-state index in [0.29, 0.717) is 23.8 Å².